The summed E-state index contributed by atoms with van der Waals surface area (Å²) in [6.45, 7) is 5.34. The molecule has 0 amide bonds. The van der Waals surface area contributed by atoms with Gasteiger partial charge in [-0.3, -0.25) is 9.59 Å². The molecule has 3 atom stereocenters. The minimum absolute atomic E-state index is 0. The van der Waals surface area contributed by atoms with Crippen LogP contribution in [0.15, 0.2) is 34.9 Å². The van der Waals surface area contributed by atoms with Gasteiger partial charge in [0.05, 0.1) is 16.6 Å². The Balaban J connectivity index is 0.00000261. The van der Waals surface area contributed by atoms with Crippen LogP contribution in [0.25, 0.3) is 0 Å². The van der Waals surface area contributed by atoms with E-state index in [0.717, 1.165) is 0 Å². The van der Waals surface area contributed by atoms with Gasteiger partial charge in [-0.05, 0) is 36.5 Å². The average molecular weight is 365 g/mol. The molecule has 0 aliphatic heterocycles. The lowest BCUT2D eigenvalue weighted by Gasteiger charge is -2.56. The Morgan fingerprint density at radius 2 is 1.93 bits per heavy atom. The van der Waals surface area contributed by atoms with Crippen LogP contribution in [0.4, 0.5) is 0 Å². The van der Waals surface area contributed by atoms with E-state index in [1.165, 1.54) is 18.2 Å². The summed E-state index contributed by atoms with van der Waals surface area (Å²) >= 11 is 0. The summed E-state index contributed by atoms with van der Waals surface area (Å²) in [7, 11) is 0. The molecule has 5 heteroatoms. The molecular formula is C22H23NO4. The van der Waals surface area contributed by atoms with Crippen molar-refractivity contribution in [3.63, 3.8) is 0 Å². The molecule has 3 rings (SSSR count). The molecule has 3 aliphatic carbocycles. The zero-order chi connectivity index (χ0) is 19.5. The van der Waals surface area contributed by atoms with Gasteiger partial charge in [-0.2, -0.15) is 5.26 Å². The predicted molar refractivity (Wildman–Crippen MR) is 100 cm³/mol. The fourth-order valence-electron chi connectivity index (χ4n) is 5.03. The fraction of sp³-hybridized carbons (Fsp3) is 0.455. The topological polar surface area (TPSA) is 95.2 Å². The predicted octanol–water partition coefficient (Wildman–Crippen LogP) is 3.24. The van der Waals surface area contributed by atoms with Crippen molar-refractivity contribution in [3.8, 4) is 18.4 Å². The number of carbonyl (C=O) groups is 3. The van der Waals surface area contributed by atoms with E-state index < -0.39 is 33.8 Å². The van der Waals surface area contributed by atoms with Gasteiger partial charge >= 0.3 is 5.97 Å². The van der Waals surface area contributed by atoms with Crippen molar-refractivity contribution in [2.75, 3.05) is 0 Å². The van der Waals surface area contributed by atoms with Crippen molar-refractivity contribution in [1.82, 2.24) is 0 Å². The first-order valence-corrected chi connectivity index (χ1v) is 8.42. The minimum Gasteiger partial charge on any atom is -0.478 e. The number of nitrogens with zero attached hydrogens (tertiary/aromatic N) is 1. The normalized spacial score (nSPS) is 33.7. The van der Waals surface area contributed by atoms with E-state index in [-0.39, 0.29) is 24.5 Å². The summed E-state index contributed by atoms with van der Waals surface area (Å²) in [6, 6.07) is 1.89. The second-order valence-electron chi connectivity index (χ2n) is 8.00. The zero-order valence-corrected chi connectivity index (χ0v) is 14.9. The number of hydrogen-bond acceptors (Lipinski definition) is 4. The van der Waals surface area contributed by atoms with E-state index in [1.807, 2.05) is 13.0 Å². The van der Waals surface area contributed by atoms with E-state index in [2.05, 4.69) is 5.92 Å². The van der Waals surface area contributed by atoms with E-state index in [0.29, 0.717) is 18.4 Å². The number of fused-ring (bicyclic) bond motifs is 3. The summed E-state index contributed by atoms with van der Waals surface area (Å²) in [5.41, 5.74) is -2.34. The van der Waals surface area contributed by atoms with Crippen LogP contribution in [-0.2, 0) is 14.4 Å². The second kappa shape index (κ2) is 6.06. The van der Waals surface area contributed by atoms with Gasteiger partial charge in [-0.1, -0.05) is 40.2 Å². The van der Waals surface area contributed by atoms with E-state index in [4.69, 9.17) is 6.42 Å². The molecule has 0 aromatic rings. The van der Waals surface area contributed by atoms with Crippen molar-refractivity contribution in [3.05, 3.63) is 34.9 Å². The van der Waals surface area contributed by atoms with Crippen molar-refractivity contribution >= 4 is 17.5 Å². The van der Waals surface area contributed by atoms with Gasteiger partial charge in [0, 0.05) is 10.8 Å². The first kappa shape index (κ1) is 20.4. The molecule has 0 bridgehead atoms. The number of carbonyl (C=O) groups excluding carboxylic acids is 2. The van der Waals surface area contributed by atoms with Gasteiger partial charge in [0.2, 0.25) is 0 Å². The van der Waals surface area contributed by atoms with Gasteiger partial charge in [0.1, 0.15) is 6.07 Å². The molecular weight excluding hydrogens is 342 g/mol. The SMILES string of the molecule is C.C#C[C@]12C=C(C#N)C(=O)C=C1[C@@]1(C)C=C(C(=O)O)C(=O)C(C)(C)[C@@H]1CC2. The zero-order valence-electron chi connectivity index (χ0n) is 14.9. The van der Waals surface area contributed by atoms with Crippen LogP contribution >= 0.6 is 0 Å². The average Bonchev–Trinajstić information content (AvgIpc) is 2.58. The molecule has 5 nitrogen and oxygen atoms in total. The Bertz CT molecular complexity index is 934. The Labute approximate surface area is 159 Å². The van der Waals surface area contributed by atoms with Crippen molar-refractivity contribution < 1.29 is 19.5 Å². The molecule has 1 N–H and O–H groups in total. The number of ketones is 2. The second-order valence-corrected chi connectivity index (χ2v) is 8.00. The third kappa shape index (κ3) is 2.50. The Kier molecular flexibility index (Phi) is 4.58. The van der Waals surface area contributed by atoms with E-state index >= 15 is 0 Å². The Morgan fingerprint density at radius 3 is 2.44 bits per heavy atom. The summed E-state index contributed by atoms with van der Waals surface area (Å²) in [5.74, 6) is 0.421. The van der Waals surface area contributed by atoms with Crippen LogP contribution in [0.1, 0.15) is 41.0 Å². The summed E-state index contributed by atoms with van der Waals surface area (Å²) < 4.78 is 0. The number of terminal acetylenes is 1. The lowest BCUT2D eigenvalue weighted by atomic mass is 9.45. The summed E-state index contributed by atoms with van der Waals surface area (Å²) in [6.07, 6.45) is 11.3. The Morgan fingerprint density at radius 1 is 1.30 bits per heavy atom. The van der Waals surface area contributed by atoms with Gasteiger partial charge in [-0.15, -0.1) is 6.42 Å². The van der Waals surface area contributed by atoms with Gasteiger partial charge < -0.3 is 5.11 Å². The third-order valence-electron chi connectivity index (χ3n) is 6.30. The molecule has 1 saturated carbocycles. The molecule has 0 unspecified atom stereocenters. The number of carboxylic acid groups (broad SMARTS) is 1. The van der Waals surface area contributed by atoms with Gasteiger partial charge in [0.25, 0.3) is 0 Å². The highest BCUT2D eigenvalue weighted by Crippen LogP contribution is 2.63. The number of nitriles is 1. The minimum atomic E-state index is -1.28. The van der Waals surface area contributed by atoms with Gasteiger partial charge in [0.15, 0.2) is 11.6 Å². The number of rotatable bonds is 1. The van der Waals surface area contributed by atoms with Crippen LogP contribution in [0.5, 0.6) is 0 Å². The summed E-state index contributed by atoms with van der Waals surface area (Å²) in [4.78, 5) is 36.8. The lowest BCUT2D eigenvalue weighted by Crippen LogP contribution is -2.54. The van der Waals surface area contributed by atoms with Crippen LogP contribution < -0.4 is 0 Å². The molecule has 0 radical (unpaired) electrons. The first-order chi connectivity index (χ1) is 12.0. The number of aliphatic carboxylic acids is 1. The van der Waals surface area contributed by atoms with Crippen LogP contribution in [0.3, 0.4) is 0 Å². The lowest BCUT2D eigenvalue weighted by molar-refractivity contribution is -0.140. The maximum atomic E-state index is 12.7. The molecule has 0 aromatic heterocycles. The molecule has 0 heterocycles. The highest BCUT2D eigenvalue weighted by atomic mass is 16.4. The van der Waals surface area contributed by atoms with E-state index in [1.54, 1.807) is 13.8 Å². The molecule has 1 fully saturated rings. The first-order valence-electron chi connectivity index (χ1n) is 8.42. The highest BCUT2D eigenvalue weighted by Gasteiger charge is 2.60. The quantitative estimate of drug-likeness (QED) is 0.568. The monoisotopic (exact) mass is 365 g/mol. The number of hydrogen-bond donors (Lipinski definition) is 1. The molecule has 27 heavy (non-hydrogen) atoms. The van der Waals surface area contributed by atoms with Crippen LogP contribution in [0, 0.1) is 45.8 Å². The Hall–Kier alpha value is -2.92. The number of carboxylic acids is 1. The van der Waals surface area contributed by atoms with Gasteiger partial charge in [-0.25, -0.2) is 4.79 Å². The summed E-state index contributed by atoms with van der Waals surface area (Å²) in [5, 5.41) is 18.7. The molecule has 0 aromatic carbocycles. The maximum Gasteiger partial charge on any atom is 0.339 e. The molecule has 0 saturated heterocycles. The number of Topliss-reactive ketones (excluding diaryl/α,β-unsaturated/α-hetero) is 1. The van der Waals surface area contributed by atoms with Crippen molar-refractivity contribution in [2.24, 2.45) is 22.2 Å². The maximum absolute atomic E-state index is 12.7. The number of allylic oxidation sites excluding steroid dienone is 5. The molecule has 0 spiro atoms. The van der Waals surface area contributed by atoms with Crippen LogP contribution in [0.2, 0.25) is 0 Å². The molecule has 140 valence electrons. The van der Waals surface area contributed by atoms with Crippen LogP contribution in [-0.4, -0.2) is 22.6 Å². The smallest absolute Gasteiger partial charge is 0.339 e. The van der Waals surface area contributed by atoms with E-state index in [9.17, 15) is 24.8 Å². The molecule has 3 aliphatic rings. The standard InChI is InChI=1S/C21H19NO4.CH4/c1-5-21-7-6-15-19(2,3)17(24)13(18(25)26)10-20(15,4)16(21)8-14(23)12(9-21)11-22;/h1,8-10,15H,6-7H2,2-4H3,(H,25,26);1H4/t15-,20-,21-;/m0./s1. The highest BCUT2D eigenvalue weighted by molar-refractivity contribution is 6.19. The van der Waals surface area contributed by atoms with Crippen molar-refractivity contribution in [1.29, 1.82) is 5.26 Å². The third-order valence-corrected chi connectivity index (χ3v) is 6.30. The largest absolute Gasteiger partial charge is 0.478 e. The fourth-order valence-corrected chi connectivity index (χ4v) is 5.03. The van der Waals surface area contributed by atoms with Crippen molar-refractivity contribution in [2.45, 2.75) is 41.0 Å².